The van der Waals surface area contributed by atoms with E-state index in [1.165, 1.54) is 83.7 Å². The molecule has 0 N–H and O–H groups in total. The first-order valence-corrected chi connectivity index (χ1v) is 17.8. The maximum atomic E-state index is 12.5. The molecule has 0 aromatic carbocycles. The molecule has 2 saturated heterocycles. The molecule has 2 aliphatic heterocycles. The normalized spacial score (nSPS) is 40.9. The molecule has 0 radical (unpaired) electrons. The van der Waals surface area contributed by atoms with Crippen LogP contribution in [0.3, 0.4) is 0 Å². The van der Waals surface area contributed by atoms with Gasteiger partial charge in [0.05, 0.1) is 32.8 Å². The third-order valence-corrected chi connectivity index (χ3v) is 11.9. The number of morpholine rings is 1. The average molecular weight is 611 g/mol. The monoisotopic (exact) mass is 609 g/mol. The molecule has 5 nitrogen and oxygen atoms in total. The van der Waals surface area contributed by atoms with Crippen molar-refractivity contribution in [2.24, 2.45) is 29.1 Å². The second-order valence-corrected chi connectivity index (χ2v) is 13.8. The molecule has 0 aromatic rings. The Hall–Kier alpha value is -0.430. The van der Waals surface area contributed by atoms with Gasteiger partial charge in [-0.3, -0.25) is 9.69 Å². The van der Waals surface area contributed by atoms with E-state index in [1.54, 1.807) is 6.92 Å². The summed E-state index contributed by atoms with van der Waals surface area (Å²) in [6.07, 6.45) is 16.7. The Morgan fingerprint density at radius 1 is 1.05 bits per heavy atom. The first-order valence-electron chi connectivity index (χ1n) is 16.2. The predicted molar refractivity (Wildman–Crippen MR) is 164 cm³/mol. The molecule has 5 fully saturated rings. The number of alkyl halides is 1. The molecular weight excluding hydrogens is 552 g/mol. The van der Waals surface area contributed by atoms with Crippen molar-refractivity contribution in [2.75, 3.05) is 51.8 Å². The summed E-state index contributed by atoms with van der Waals surface area (Å²) in [6, 6.07) is 1.16. The van der Waals surface area contributed by atoms with Crippen molar-refractivity contribution in [2.45, 2.75) is 110 Å². The van der Waals surface area contributed by atoms with Gasteiger partial charge in [0.25, 0.3) is 0 Å². The molecule has 2 heterocycles. The Bertz CT molecular complexity index is 796. The number of quaternary nitrogens is 1. The third-order valence-electron chi connectivity index (χ3n) is 11.9. The molecule has 5 aliphatic rings. The molecule has 5 rings (SSSR count). The van der Waals surface area contributed by atoms with Crippen molar-refractivity contribution >= 4 is 21.9 Å². The fraction of sp³-hybridized carbons (Fsp3) is 0.909. The van der Waals surface area contributed by atoms with Crippen LogP contribution in [0.2, 0.25) is 0 Å². The number of ether oxygens (including phenoxy) is 2. The number of hydrogen-bond donors (Lipinski definition) is 0. The molecule has 0 aromatic heterocycles. The summed E-state index contributed by atoms with van der Waals surface area (Å²) in [4.78, 5) is 15.2. The highest BCUT2D eigenvalue weighted by molar-refractivity contribution is 9.08. The Kier molecular flexibility index (Phi) is 11.4. The van der Waals surface area contributed by atoms with Crippen LogP contribution in [0.1, 0.15) is 91.4 Å². The quantitative estimate of drug-likeness (QED) is 0.148. The van der Waals surface area contributed by atoms with Crippen molar-refractivity contribution in [3.63, 3.8) is 0 Å². The molecule has 0 amide bonds. The van der Waals surface area contributed by atoms with Gasteiger partial charge in [-0.15, -0.1) is 0 Å². The van der Waals surface area contributed by atoms with E-state index in [-0.39, 0.29) is 17.5 Å². The second kappa shape index (κ2) is 14.2. The largest absolute Gasteiger partial charge is 0.456 e. The predicted octanol–water partition coefficient (Wildman–Crippen LogP) is 6.84. The van der Waals surface area contributed by atoms with Gasteiger partial charge in [-0.2, -0.15) is 0 Å². The highest BCUT2D eigenvalue weighted by Crippen LogP contribution is 2.61. The molecule has 3 aliphatic carbocycles. The third kappa shape index (κ3) is 6.65. The Balaban J connectivity index is 0.00000172. The van der Waals surface area contributed by atoms with E-state index in [2.05, 4.69) is 47.3 Å². The van der Waals surface area contributed by atoms with Crippen LogP contribution in [-0.2, 0) is 14.3 Å². The summed E-state index contributed by atoms with van der Waals surface area (Å²) in [6.45, 7) is 18.4. The lowest BCUT2D eigenvalue weighted by molar-refractivity contribution is -0.937. The second-order valence-electron chi connectivity index (χ2n) is 13.8. The first-order chi connectivity index (χ1) is 18.9. The summed E-state index contributed by atoms with van der Waals surface area (Å²) in [7, 11) is 0. The van der Waals surface area contributed by atoms with Gasteiger partial charge in [0.1, 0.15) is 6.04 Å². The van der Waals surface area contributed by atoms with Crippen molar-refractivity contribution < 1.29 is 18.8 Å². The molecule has 8 unspecified atom stereocenters. The zero-order valence-corrected chi connectivity index (χ0v) is 27.1. The fourth-order valence-electron chi connectivity index (χ4n) is 10.1. The maximum Gasteiger partial charge on any atom is 0.303 e. The van der Waals surface area contributed by atoms with Gasteiger partial charge in [0.2, 0.25) is 0 Å². The molecule has 224 valence electrons. The number of rotatable bonds is 5. The fourth-order valence-corrected chi connectivity index (χ4v) is 10.1. The lowest BCUT2D eigenvalue weighted by Crippen LogP contribution is -2.59. The Morgan fingerprint density at radius 3 is 2.41 bits per heavy atom. The van der Waals surface area contributed by atoms with E-state index in [0.717, 1.165) is 61.1 Å². The van der Waals surface area contributed by atoms with Gasteiger partial charge in [0.15, 0.2) is 6.10 Å². The van der Waals surface area contributed by atoms with E-state index in [4.69, 9.17) is 9.47 Å². The van der Waals surface area contributed by atoms with E-state index in [0.29, 0.717) is 12.0 Å². The van der Waals surface area contributed by atoms with Crippen LogP contribution in [0.5, 0.6) is 0 Å². The van der Waals surface area contributed by atoms with E-state index in [1.807, 2.05) is 5.83 Å². The van der Waals surface area contributed by atoms with E-state index in [9.17, 15) is 4.79 Å². The van der Waals surface area contributed by atoms with Crippen LogP contribution >= 0.6 is 15.9 Å². The highest BCUT2D eigenvalue weighted by Gasteiger charge is 2.64. The van der Waals surface area contributed by atoms with Crippen LogP contribution in [0.25, 0.3) is 0 Å². The minimum atomic E-state index is -0.0809. The molecule has 39 heavy (non-hydrogen) atoms. The van der Waals surface area contributed by atoms with Crippen LogP contribution in [-0.4, -0.2) is 85.3 Å². The topological polar surface area (TPSA) is 38.8 Å². The molecule has 0 spiro atoms. The number of halogens is 1. The van der Waals surface area contributed by atoms with Crippen LogP contribution in [0.15, 0.2) is 12.7 Å². The number of carbonyl (C=O) groups is 1. The van der Waals surface area contributed by atoms with Gasteiger partial charge in [-0.1, -0.05) is 55.6 Å². The molecule has 3 saturated carbocycles. The smallest absolute Gasteiger partial charge is 0.303 e. The number of nitrogens with zero attached hydrogens (tertiary/aromatic N) is 2. The zero-order chi connectivity index (χ0) is 28.0. The van der Waals surface area contributed by atoms with Crippen molar-refractivity contribution in [1.29, 1.82) is 0 Å². The van der Waals surface area contributed by atoms with Crippen molar-refractivity contribution in [3.8, 4) is 0 Å². The standard InChI is InChI=1S/C32H55N2O3.CH3Br/c1-5-17-34(18-9-10-19-34)30-23-29-28-12-8-6-7-11-26(33-15-20-36-21-16-33)22-24(2)27(28)13-14-32(29,4)31(30)37-25(3)35;1-2/h5,24,26-31H,1,6-23H2,2-4H3;1H3/q+1;. The van der Waals surface area contributed by atoms with Crippen molar-refractivity contribution in [3.05, 3.63) is 12.7 Å². The first kappa shape index (κ1) is 31.5. The van der Waals surface area contributed by atoms with Crippen LogP contribution in [0.4, 0.5) is 0 Å². The van der Waals surface area contributed by atoms with Gasteiger partial charge in [0, 0.05) is 50.7 Å². The SMILES string of the molecule is C=CC[N+]1(C2CC3C4CCCCCC(N5CCOCC5)CC(C)C4CCC3(C)C2OC(C)=O)CCCC1.CBr. The Morgan fingerprint density at radius 2 is 1.74 bits per heavy atom. The Labute approximate surface area is 248 Å². The summed E-state index contributed by atoms with van der Waals surface area (Å²) in [5.74, 6) is 4.74. The molecule has 0 bridgehead atoms. The summed E-state index contributed by atoms with van der Waals surface area (Å²) in [5, 5.41) is 0. The highest BCUT2D eigenvalue weighted by atomic mass is 79.9. The zero-order valence-electron chi connectivity index (χ0n) is 25.6. The molecule has 8 atom stereocenters. The average Bonchev–Trinajstić information content (AvgIpc) is 3.52. The minimum Gasteiger partial charge on any atom is -0.456 e. The minimum absolute atomic E-state index is 0.0563. The van der Waals surface area contributed by atoms with Crippen LogP contribution < -0.4 is 0 Å². The number of esters is 1. The van der Waals surface area contributed by atoms with E-state index < -0.39 is 0 Å². The number of hydrogen-bond acceptors (Lipinski definition) is 4. The molecule has 6 heteroatoms. The summed E-state index contributed by atoms with van der Waals surface area (Å²) >= 11 is 2.94. The summed E-state index contributed by atoms with van der Waals surface area (Å²) in [5.41, 5.74) is 0.111. The van der Waals surface area contributed by atoms with Gasteiger partial charge < -0.3 is 14.0 Å². The number of fused-ring (bicyclic) bond motifs is 3. The van der Waals surface area contributed by atoms with Gasteiger partial charge >= 0.3 is 5.97 Å². The lowest BCUT2D eigenvalue weighted by Gasteiger charge is -2.50. The van der Waals surface area contributed by atoms with Gasteiger partial charge in [-0.05, 0) is 67.7 Å². The van der Waals surface area contributed by atoms with Crippen molar-refractivity contribution in [1.82, 2.24) is 4.90 Å². The summed E-state index contributed by atoms with van der Waals surface area (Å²) < 4.78 is 13.2. The lowest BCUT2D eigenvalue weighted by atomic mass is 9.56. The van der Waals surface area contributed by atoms with E-state index >= 15 is 0 Å². The molecular formula is C33H58BrN2O3+. The van der Waals surface area contributed by atoms with Crippen LogP contribution in [0, 0.1) is 29.1 Å². The number of likely N-dealkylation sites (tertiary alicyclic amines) is 1. The number of carbonyl (C=O) groups excluding carboxylic acids is 1. The maximum absolute atomic E-state index is 12.5. The van der Waals surface area contributed by atoms with Gasteiger partial charge in [-0.25, -0.2) is 0 Å².